The van der Waals surface area contributed by atoms with Crippen LogP contribution in [-0.4, -0.2) is 22.8 Å². The molecule has 1 aromatic carbocycles. The zero-order valence-corrected chi connectivity index (χ0v) is 10.2. The first-order valence-corrected chi connectivity index (χ1v) is 5.34. The van der Waals surface area contributed by atoms with Crippen LogP contribution in [0.3, 0.4) is 0 Å². The molecule has 0 fully saturated rings. The molecule has 94 valence electrons. The summed E-state index contributed by atoms with van der Waals surface area (Å²) in [5.74, 6) is 0.705. The second-order valence-electron chi connectivity index (χ2n) is 3.75. The number of aromatic nitrogens is 2. The molecule has 6 nitrogen and oxygen atoms in total. The molecule has 0 saturated heterocycles. The molecule has 2 aromatic rings. The van der Waals surface area contributed by atoms with Gasteiger partial charge in [-0.15, -0.1) is 0 Å². The third-order valence-corrected chi connectivity index (χ3v) is 2.56. The van der Waals surface area contributed by atoms with E-state index in [1.54, 1.807) is 38.4 Å². The fraction of sp³-hybridized carbons (Fsp3) is 0.167. The van der Waals surface area contributed by atoms with Crippen molar-refractivity contribution in [2.24, 2.45) is 7.05 Å². The predicted molar refractivity (Wildman–Crippen MR) is 68.6 cm³/mol. The average Bonchev–Trinajstić information content (AvgIpc) is 2.70. The minimum atomic E-state index is -0.297. The molecule has 1 heterocycles. The Labute approximate surface area is 104 Å². The Kier molecular flexibility index (Phi) is 3.18. The monoisotopic (exact) mass is 246 g/mol. The van der Waals surface area contributed by atoms with Crippen LogP contribution in [-0.2, 0) is 7.05 Å². The first kappa shape index (κ1) is 12.0. The summed E-state index contributed by atoms with van der Waals surface area (Å²) in [6.07, 6.45) is 1.44. The molecule has 3 N–H and O–H groups in total. The zero-order valence-electron chi connectivity index (χ0n) is 10.2. The number of rotatable bonds is 3. The summed E-state index contributed by atoms with van der Waals surface area (Å²) in [6.45, 7) is 0. The summed E-state index contributed by atoms with van der Waals surface area (Å²) in [6, 6.07) is 7.09. The maximum Gasteiger partial charge on any atom is 0.261 e. The quantitative estimate of drug-likeness (QED) is 0.854. The molecule has 0 spiro atoms. The van der Waals surface area contributed by atoms with E-state index in [1.165, 1.54) is 10.9 Å². The SMILES string of the molecule is COc1cccc(NC(=O)c2cnn(C)c2N)c1. The third-order valence-electron chi connectivity index (χ3n) is 2.56. The van der Waals surface area contributed by atoms with E-state index < -0.39 is 0 Å². The molecule has 0 radical (unpaired) electrons. The molecular formula is C12H14N4O2. The van der Waals surface area contributed by atoms with Gasteiger partial charge in [0.25, 0.3) is 5.91 Å². The molecular weight excluding hydrogens is 232 g/mol. The van der Waals surface area contributed by atoms with Crippen LogP contribution >= 0.6 is 0 Å². The van der Waals surface area contributed by atoms with Gasteiger partial charge in [0.05, 0.1) is 13.3 Å². The topological polar surface area (TPSA) is 82.2 Å². The van der Waals surface area contributed by atoms with Gasteiger partial charge in [-0.3, -0.25) is 9.48 Å². The Balaban J connectivity index is 2.18. The van der Waals surface area contributed by atoms with Crippen LogP contribution in [0.25, 0.3) is 0 Å². The van der Waals surface area contributed by atoms with Gasteiger partial charge in [-0.05, 0) is 12.1 Å². The Hall–Kier alpha value is -2.50. The van der Waals surface area contributed by atoms with Crippen molar-refractivity contribution in [2.75, 3.05) is 18.2 Å². The average molecular weight is 246 g/mol. The Morgan fingerprint density at radius 3 is 2.89 bits per heavy atom. The lowest BCUT2D eigenvalue weighted by atomic mass is 10.2. The van der Waals surface area contributed by atoms with E-state index in [1.807, 2.05) is 0 Å². The Morgan fingerprint density at radius 2 is 2.28 bits per heavy atom. The Morgan fingerprint density at radius 1 is 1.50 bits per heavy atom. The first-order chi connectivity index (χ1) is 8.61. The van der Waals surface area contributed by atoms with Gasteiger partial charge < -0.3 is 15.8 Å². The lowest BCUT2D eigenvalue weighted by Crippen LogP contribution is -2.13. The van der Waals surface area contributed by atoms with Gasteiger partial charge in [-0.2, -0.15) is 5.10 Å². The Bertz CT molecular complexity index is 577. The van der Waals surface area contributed by atoms with E-state index in [-0.39, 0.29) is 5.91 Å². The van der Waals surface area contributed by atoms with Crippen LogP contribution in [0.15, 0.2) is 30.5 Å². The van der Waals surface area contributed by atoms with Crippen LogP contribution in [0.4, 0.5) is 11.5 Å². The molecule has 2 rings (SSSR count). The number of hydrogen-bond donors (Lipinski definition) is 2. The minimum absolute atomic E-state index is 0.297. The van der Waals surface area contributed by atoms with Crippen molar-refractivity contribution >= 4 is 17.4 Å². The number of hydrogen-bond acceptors (Lipinski definition) is 4. The van der Waals surface area contributed by atoms with Gasteiger partial charge in [-0.25, -0.2) is 0 Å². The van der Waals surface area contributed by atoms with Gasteiger partial charge in [0.2, 0.25) is 0 Å². The largest absolute Gasteiger partial charge is 0.497 e. The van der Waals surface area contributed by atoms with Gasteiger partial charge in [0.1, 0.15) is 17.1 Å². The molecule has 0 saturated carbocycles. The van der Waals surface area contributed by atoms with Crippen LogP contribution in [0.1, 0.15) is 10.4 Å². The van der Waals surface area contributed by atoms with Crippen LogP contribution in [0.2, 0.25) is 0 Å². The number of benzene rings is 1. The van der Waals surface area contributed by atoms with E-state index in [0.29, 0.717) is 22.8 Å². The van der Waals surface area contributed by atoms with Crippen molar-refractivity contribution in [1.82, 2.24) is 9.78 Å². The second kappa shape index (κ2) is 4.79. The number of anilines is 2. The van der Waals surface area contributed by atoms with Gasteiger partial charge in [-0.1, -0.05) is 6.07 Å². The van der Waals surface area contributed by atoms with Crippen molar-refractivity contribution in [1.29, 1.82) is 0 Å². The molecule has 1 amide bonds. The number of ether oxygens (including phenoxy) is 1. The van der Waals surface area contributed by atoms with Crippen molar-refractivity contribution in [3.8, 4) is 5.75 Å². The fourth-order valence-corrected chi connectivity index (χ4v) is 1.52. The molecule has 18 heavy (non-hydrogen) atoms. The number of carbonyl (C=O) groups excluding carboxylic acids is 1. The molecule has 0 atom stereocenters. The number of nitrogens with one attached hydrogen (secondary N) is 1. The number of carbonyl (C=O) groups is 1. The highest BCUT2D eigenvalue weighted by molar-refractivity contribution is 6.07. The number of nitrogens with two attached hydrogens (primary N) is 1. The summed E-state index contributed by atoms with van der Waals surface area (Å²) in [5, 5.41) is 6.65. The molecule has 0 aliphatic carbocycles. The molecule has 0 aliphatic heterocycles. The third kappa shape index (κ3) is 2.27. The standard InChI is InChI=1S/C12H14N4O2/c1-16-11(13)10(7-14-16)12(17)15-8-4-3-5-9(6-8)18-2/h3-7H,13H2,1-2H3,(H,15,17). The van der Waals surface area contributed by atoms with Crippen molar-refractivity contribution in [3.05, 3.63) is 36.0 Å². The summed E-state index contributed by atoms with van der Waals surface area (Å²) >= 11 is 0. The van der Waals surface area contributed by atoms with Crippen LogP contribution in [0, 0.1) is 0 Å². The normalized spacial score (nSPS) is 10.1. The summed E-state index contributed by atoms with van der Waals surface area (Å²) < 4.78 is 6.52. The fourth-order valence-electron chi connectivity index (χ4n) is 1.52. The van der Waals surface area contributed by atoms with Gasteiger partial charge in [0.15, 0.2) is 0 Å². The highest BCUT2D eigenvalue weighted by Gasteiger charge is 2.13. The highest BCUT2D eigenvalue weighted by atomic mass is 16.5. The van der Waals surface area contributed by atoms with E-state index in [4.69, 9.17) is 10.5 Å². The molecule has 6 heteroatoms. The number of nitrogen functional groups attached to an aromatic ring is 1. The predicted octanol–water partition coefficient (Wildman–Crippen LogP) is 1.26. The minimum Gasteiger partial charge on any atom is -0.497 e. The zero-order chi connectivity index (χ0) is 13.1. The number of amides is 1. The summed E-state index contributed by atoms with van der Waals surface area (Å²) in [5.41, 5.74) is 6.72. The van der Waals surface area contributed by atoms with Crippen LogP contribution in [0.5, 0.6) is 5.75 Å². The molecule has 1 aromatic heterocycles. The maximum absolute atomic E-state index is 12.0. The first-order valence-electron chi connectivity index (χ1n) is 5.34. The van der Waals surface area contributed by atoms with Gasteiger partial charge in [0, 0.05) is 18.8 Å². The summed E-state index contributed by atoms with van der Waals surface area (Å²) in [4.78, 5) is 12.0. The second-order valence-corrected chi connectivity index (χ2v) is 3.75. The molecule has 0 unspecified atom stereocenters. The smallest absolute Gasteiger partial charge is 0.261 e. The van der Waals surface area contributed by atoms with E-state index in [9.17, 15) is 4.79 Å². The van der Waals surface area contributed by atoms with E-state index >= 15 is 0 Å². The summed E-state index contributed by atoms with van der Waals surface area (Å²) in [7, 11) is 3.25. The lowest BCUT2D eigenvalue weighted by Gasteiger charge is -2.06. The number of nitrogens with zero attached hydrogens (tertiary/aromatic N) is 2. The maximum atomic E-state index is 12.0. The lowest BCUT2D eigenvalue weighted by molar-refractivity contribution is 0.102. The van der Waals surface area contributed by atoms with E-state index in [2.05, 4.69) is 10.4 Å². The highest BCUT2D eigenvalue weighted by Crippen LogP contribution is 2.18. The van der Waals surface area contributed by atoms with Crippen molar-refractivity contribution < 1.29 is 9.53 Å². The number of methoxy groups -OCH3 is 1. The van der Waals surface area contributed by atoms with Crippen molar-refractivity contribution in [2.45, 2.75) is 0 Å². The number of aryl methyl sites for hydroxylation is 1. The van der Waals surface area contributed by atoms with Crippen LogP contribution < -0.4 is 15.8 Å². The molecule has 0 aliphatic rings. The van der Waals surface area contributed by atoms with E-state index in [0.717, 1.165) is 0 Å². The van der Waals surface area contributed by atoms with Crippen molar-refractivity contribution in [3.63, 3.8) is 0 Å². The van der Waals surface area contributed by atoms with Gasteiger partial charge >= 0.3 is 0 Å². The molecule has 0 bridgehead atoms.